The van der Waals surface area contributed by atoms with E-state index in [0.717, 1.165) is 12.3 Å². The molecule has 2 amide bonds. The number of halogens is 2. The molecule has 7 nitrogen and oxygen atoms in total. The molecule has 3 aliphatic rings. The monoisotopic (exact) mass is 419 g/mol. The summed E-state index contributed by atoms with van der Waals surface area (Å²) in [4.78, 5) is 36.7. The summed E-state index contributed by atoms with van der Waals surface area (Å²) in [5.41, 5.74) is -0.130. The molecule has 0 aromatic carbocycles. The number of alkyl halides is 2. The predicted octanol–water partition coefficient (Wildman–Crippen LogP) is 1.69. The first-order valence-electron chi connectivity index (χ1n) is 10.6. The van der Waals surface area contributed by atoms with E-state index in [1.807, 2.05) is 17.0 Å². The molecular formula is C21H27F2N5O2. The lowest BCUT2D eigenvalue weighted by atomic mass is 10.2. The Labute approximate surface area is 174 Å². The van der Waals surface area contributed by atoms with Gasteiger partial charge < -0.3 is 15.1 Å². The number of piperazine rings is 1. The number of hydrogen-bond acceptors (Lipinski definition) is 4. The van der Waals surface area contributed by atoms with Gasteiger partial charge >= 0.3 is 6.43 Å². The van der Waals surface area contributed by atoms with Gasteiger partial charge in [-0.25, -0.2) is 4.99 Å². The molecule has 1 N–H and O–H groups in total. The lowest BCUT2D eigenvalue weighted by Gasteiger charge is -2.36. The zero-order valence-corrected chi connectivity index (χ0v) is 16.9. The molecule has 2 aliphatic carbocycles. The van der Waals surface area contributed by atoms with Crippen LogP contribution in [0, 0.1) is 5.92 Å². The van der Waals surface area contributed by atoms with Gasteiger partial charge in [-0.1, -0.05) is 18.9 Å². The molecular weight excluding hydrogens is 392 g/mol. The van der Waals surface area contributed by atoms with E-state index in [0.29, 0.717) is 44.0 Å². The number of rotatable bonds is 7. The predicted molar refractivity (Wildman–Crippen MR) is 107 cm³/mol. The largest absolute Gasteiger partial charge is 0.354 e. The Morgan fingerprint density at radius 2 is 1.87 bits per heavy atom. The van der Waals surface area contributed by atoms with Crippen molar-refractivity contribution in [2.24, 2.45) is 10.9 Å². The summed E-state index contributed by atoms with van der Waals surface area (Å²) < 4.78 is 25.5. The quantitative estimate of drug-likeness (QED) is 0.539. The maximum absolute atomic E-state index is 12.8. The van der Waals surface area contributed by atoms with Crippen LogP contribution in [0.2, 0.25) is 0 Å². The van der Waals surface area contributed by atoms with Crippen molar-refractivity contribution in [3.05, 3.63) is 30.1 Å². The minimum absolute atomic E-state index is 0.0527. The summed E-state index contributed by atoms with van der Waals surface area (Å²) in [5, 5.41) is 3.03. The molecule has 4 rings (SSSR count). The molecule has 0 unspecified atom stereocenters. The van der Waals surface area contributed by atoms with Gasteiger partial charge in [0.05, 0.1) is 0 Å². The first-order valence-corrected chi connectivity index (χ1v) is 10.6. The van der Waals surface area contributed by atoms with E-state index in [1.54, 1.807) is 12.3 Å². The highest BCUT2D eigenvalue weighted by Gasteiger charge is 2.51. The van der Waals surface area contributed by atoms with Crippen LogP contribution in [0.5, 0.6) is 0 Å². The third kappa shape index (κ3) is 4.76. The maximum atomic E-state index is 12.8. The standard InChI is InChI=1S/C21H27F2N5O2/c22-17(23)19(29)28-13-11-27(12-14-28)18(16-3-1-2-9-24-16)26-21(7-8-21)20(30)25-10-6-15-4-5-15/h1-3,9,15,17H,4-8,10-14H2,(H,25,30). The molecule has 1 aromatic rings. The number of amides is 2. The topological polar surface area (TPSA) is 77.9 Å². The minimum Gasteiger partial charge on any atom is -0.354 e. The second-order valence-corrected chi connectivity index (χ2v) is 8.28. The zero-order valence-electron chi connectivity index (χ0n) is 16.9. The second-order valence-electron chi connectivity index (χ2n) is 8.28. The van der Waals surface area contributed by atoms with E-state index in [9.17, 15) is 18.4 Å². The highest BCUT2D eigenvalue weighted by Crippen LogP contribution is 2.41. The van der Waals surface area contributed by atoms with E-state index >= 15 is 0 Å². The molecule has 1 aromatic heterocycles. The summed E-state index contributed by atoms with van der Waals surface area (Å²) in [7, 11) is 0. The Hall–Kier alpha value is -2.58. The number of nitrogens with one attached hydrogen (secondary N) is 1. The van der Waals surface area contributed by atoms with Gasteiger partial charge in [-0.3, -0.25) is 14.6 Å². The molecule has 30 heavy (non-hydrogen) atoms. The van der Waals surface area contributed by atoms with Gasteiger partial charge in [0, 0.05) is 38.9 Å². The average Bonchev–Trinajstić information content (AvgIpc) is 3.68. The van der Waals surface area contributed by atoms with Crippen LogP contribution in [-0.2, 0) is 9.59 Å². The molecule has 2 heterocycles. The molecule has 0 bridgehead atoms. The Morgan fingerprint density at radius 1 is 1.17 bits per heavy atom. The number of aromatic nitrogens is 1. The number of aliphatic imine (C=N–C) groups is 1. The Bertz CT molecular complexity index is 801. The number of pyridine rings is 1. The number of amidine groups is 1. The van der Waals surface area contributed by atoms with Gasteiger partial charge in [0.1, 0.15) is 11.2 Å². The third-order valence-electron chi connectivity index (χ3n) is 5.97. The third-order valence-corrected chi connectivity index (χ3v) is 5.97. The van der Waals surface area contributed by atoms with Crippen molar-refractivity contribution < 1.29 is 18.4 Å². The van der Waals surface area contributed by atoms with Gasteiger partial charge in [-0.15, -0.1) is 0 Å². The summed E-state index contributed by atoms with van der Waals surface area (Å²) in [6, 6.07) is 5.48. The highest BCUT2D eigenvalue weighted by atomic mass is 19.3. The molecule has 1 aliphatic heterocycles. The summed E-state index contributed by atoms with van der Waals surface area (Å²) in [6.07, 6.45) is 3.56. The van der Waals surface area contributed by atoms with Gasteiger partial charge in [-0.05, 0) is 37.3 Å². The normalized spacial score (nSPS) is 21.0. The van der Waals surface area contributed by atoms with Crippen molar-refractivity contribution >= 4 is 17.6 Å². The Kier molecular flexibility index (Phi) is 5.97. The SMILES string of the molecule is O=C(C(F)F)N1CCN(C(=NC2(C(=O)NCCC3CC3)CC2)c2ccccn2)CC1. The number of carbonyl (C=O) groups is 2. The summed E-state index contributed by atoms with van der Waals surface area (Å²) >= 11 is 0. The fourth-order valence-electron chi connectivity index (χ4n) is 3.73. The van der Waals surface area contributed by atoms with E-state index in [1.165, 1.54) is 17.7 Å². The maximum Gasteiger partial charge on any atom is 0.315 e. The first-order chi connectivity index (χ1) is 14.5. The van der Waals surface area contributed by atoms with Crippen LogP contribution in [0.1, 0.15) is 37.8 Å². The van der Waals surface area contributed by atoms with E-state index in [4.69, 9.17) is 4.99 Å². The van der Waals surface area contributed by atoms with Crippen molar-refractivity contribution in [3.8, 4) is 0 Å². The molecule has 0 atom stereocenters. The van der Waals surface area contributed by atoms with E-state index < -0.39 is 17.9 Å². The van der Waals surface area contributed by atoms with E-state index in [-0.39, 0.29) is 19.0 Å². The van der Waals surface area contributed by atoms with Crippen LogP contribution in [0.3, 0.4) is 0 Å². The van der Waals surface area contributed by atoms with Crippen molar-refractivity contribution in [2.75, 3.05) is 32.7 Å². The first kappa shape index (κ1) is 20.7. The van der Waals surface area contributed by atoms with Gasteiger partial charge in [-0.2, -0.15) is 8.78 Å². The number of hydrogen-bond donors (Lipinski definition) is 1. The van der Waals surface area contributed by atoms with Crippen LogP contribution < -0.4 is 5.32 Å². The fraction of sp³-hybridized carbons (Fsp3) is 0.619. The average molecular weight is 419 g/mol. The van der Waals surface area contributed by atoms with Crippen LogP contribution in [0.4, 0.5) is 8.78 Å². The molecule has 3 fully saturated rings. The van der Waals surface area contributed by atoms with Crippen molar-refractivity contribution in [1.82, 2.24) is 20.1 Å². The lowest BCUT2D eigenvalue weighted by molar-refractivity contribution is -0.144. The lowest BCUT2D eigenvalue weighted by Crippen LogP contribution is -2.52. The molecule has 1 saturated heterocycles. The van der Waals surface area contributed by atoms with Crippen molar-refractivity contribution in [2.45, 2.75) is 44.1 Å². The summed E-state index contributed by atoms with van der Waals surface area (Å²) in [6.45, 7) is 1.79. The number of nitrogens with zero attached hydrogens (tertiary/aromatic N) is 4. The molecule has 162 valence electrons. The Balaban J connectivity index is 1.48. The molecule has 0 radical (unpaired) electrons. The van der Waals surface area contributed by atoms with Crippen LogP contribution in [0.25, 0.3) is 0 Å². The summed E-state index contributed by atoms with van der Waals surface area (Å²) in [5.74, 6) is 0.151. The number of carbonyl (C=O) groups excluding carboxylic acids is 2. The highest BCUT2D eigenvalue weighted by molar-refractivity contribution is 6.01. The molecule has 9 heteroatoms. The molecule has 0 spiro atoms. The Morgan fingerprint density at radius 3 is 2.43 bits per heavy atom. The van der Waals surface area contributed by atoms with Crippen LogP contribution in [-0.4, -0.2) is 77.1 Å². The van der Waals surface area contributed by atoms with E-state index in [2.05, 4.69) is 10.3 Å². The van der Waals surface area contributed by atoms with Crippen LogP contribution in [0.15, 0.2) is 29.4 Å². The smallest absolute Gasteiger partial charge is 0.315 e. The van der Waals surface area contributed by atoms with Crippen LogP contribution >= 0.6 is 0 Å². The van der Waals surface area contributed by atoms with Gasteiger partial charge in [0.15, 0.2) is 5.84 Å². The second kappa shape index (κ2) is 8.65. The molecule has 2 saturated carbocycles. The zero-order chi connectivity index (χ0) is 21.1. The minimum atomic E-state index is -2.99. The fourth-order valence-corrected chi connectivity index (χ4v) is 3.73. The van der Waals surface area contributed by atoms with Gasteiger partial charge in [0.25, 0.3) is 5.91 Å². The van der Waals surface area contributed by atoms with Gasteiger partial charge in [0.2, 0.25) is 5.91 Å². The van der Waals surface area contributed by atoms with Crippen molar-refractivity contribution in [1.29, 1.82) is 0 Å². The van der Waals surface area contributed by atoms with Crippen molar-refractivity contribution in [3.63, 3.8) is 0 Å².